The zero-order valence-corrected chi connectivity index (χ0v) is 7.86. The van der Waals surface area contributed by atoms with Crippen LogP contribution >= 0.6 is 0 Å². The standard InChI is InChI=1S/C9H8F3N3/c1-6(14-15-13)7-2-4-8(5-3-7)9(10,11)12/h2-6H,1H3/t6-/m1/s1. The Morgan fingerprint density at radius 2 is 1.80 bits per heavy atom. The highest BCUT2D eigenvalue weighted by molar-refractivity contribution is 5.26. The predicted octanol–water partition coefficient (Wildman–Crippen LogP) is 4.08. The first-order valence-corrected chi connectivity index (χ1v) is 4.16. The number of rotatable bonds is 2. The van der Waals surface area contributed by atoms with Crippen LogP contribution in [0.5, 0.6) is 0 Å². The van der Waals surface area contributed by atoms with Gasteiger partial charge in [-0.1, -0.05) is 24.2 Å². The molecule has 3 nitrogen and oxygen atoms in total. The fourth-order valence-electron chi connectivity index (χ4n) is 1.09. The van der Waals surface area contributed by atoms with Crippen molar-refractivity contribution in [1.82, 2.24) is 0 Å². The SMILES string of the molecule is C[C@@H](N=[N+]=[N-])c1ccc(C(F)(F)F)cc1. The van der Waals surface area contributed by atoms with Crippen molar-refractivity contribution in [3.05, 3.63) is 45.8 Å². The summed E-state index contributed by atoms with van der Waals surface area (Å²) in [5.74, 6) is 0. The van der Waals surface area contributed by atoms with E-state index in [1.54, 1.807) is 6.92 Å². The zero-order valence-electron chi connectivity index (χ0n) is 7.86. The molecular formula is C9H8F3N3. The molecule has 0 saturated heterocycles. The normalized spacial score (nSPS) is 13.1. The molecule has 6 heteroatoms. The second-order valence-electron chi connectivity index (χ2n) is 3.00. The molecule has 0 saturated carbocycles. The quantitative estimate of drug-likeness (QED) is 0.405. The van der Waals surface area contributed by atoms with E-state index in [-0.39, 0.29) is 0 Å². The van der Waals surface area contributed by atoms with Crippen molar-refractivity contribution in [1.29, 1.82) is 0 Å². The van der Waals surface area contributed by atoms with E-state index in [1.165, 1.54) is 12.1 Å². The minimum Gasteiger partial charge on any atom is -0.166 e. The van der Waals surface area contributed by atoms with Crippen molar-refractivity contribution in [2.45, 2.75) is 19.1 Å². The average Bonchev–Trinajstić information content (AvgIpc) is 2.17. The minimum atomic E-state index is -4.33. The molecule has 1 rings (SSSR count). The first-order valence-electron chi connectivity index (χ1n) is 4.16. The first-order chi connectivity index (χ1) is 6.95. The van der Waals surface area contributed by atoms with Gasteiger partial charge in [0, 0.05) is 4.91 Å². The summed E-state index contributed by atoms with van der Waals surface area (Å²) in [6.45, 7) is 1.61. The molecule has 1 aromatic carbocycles. The molecule has 0 aliphatic heterocycles. The van der Waals surface area contributed by atoms with Crippen LogP contribution in [0.1, 0.15) is 24.1 Å². The summed E-state index contributed by atoms with van der Waals surface area (Å²) in [6, 6.07) is 4.10. The Labute approximate surface area is 84.2 Å². The van der Waals surface area contributed by atoms with E-state index >= 15 is 0 Å². The smallest absolute Gasteiger partial charge is 0.166 e. The number of alkyl halides is 3. The highest BCUT2D eigenvalue weighted by Gasteiger charge is 2.29. The lowest BCUT2D eigenvalue weighted by atomic mass is 10.1. The van der Waals surface area contributed by atoms with E-state index in [1.807, 2.05) is 0 Å². The Morgan fingerprint density at radius 1 is 1.27 bits per heavy atom. The van der Waals surface area contributed by atoms with E-state index in [4.69, 9.17) is 5.53 Å². The summed E-state index contributed by atoms with van der Waals surface area (Å²) < 4.78 is 36.6. The van der Waals surface area contributed by atoms with Crippen molar-refractivity contribution in [3.63, 3.8) is 0 Å². The number of nitrogens with zero attached hydrogens (tertiary/aromatic N) is 3. The molecule has 0 spiro atoms. The van der Waals surface area contributed by atoms with Gasteiger partial charge in [0.25, 0.3) is 0 Å². The Balaban J connectivity index is 2.95. The van der Waals surface area contributed by atoms with E-state index in [0.717, 1.165) is 12.1 Å². The van der Waals surface area contributed by atoms with Crippen molar-refractivity contribution < 1.29 is 13.2 Å². The van der Waals surface area contributed by atoms with Crippen molar-refractivity contribution in [2.75, 3.05) is 0 Å². The van der Waals surface area contributed by atoms with Gasteiger partial charge in [-0.05, 0) is 23.2 Å². The second-order valence-corrected chi connectivity index (χ2v) is 3.00. The van der Waals surface area contributed by atoms with Gasteiger partial charge in [0.05, 0.1) is 11.6 Å². The van der Waals surface area contributed by atoms with Crippen LogP contribution in [0.3, 0.4) is 0 Å². The van der Waals surface area contributed by atoms with Gasteiger partial charge in [0.1, 0.15) is 0 Å². The molecule has 80 valence electrons. The molecule has 0 aromatic heterocycles. The van der Waals surface area contributed by atoms with Gasteiger partial charge < -0.3 is 0 Å². The molecule has 0 N–H and O–H groups in total. The molecule has 0 aliphatic rings. The molecule has 0 heterocycles. The topological polar surface area (TPSA) is 48.8 Å². The van der Waals surface area contributed by atoms with Gasteiger partial charge in [-0.2, -0.15) is 13.2 Å². The number of azide groups is 1. The number of halogens is 3. The maximum absolute atomic E-state index is 12.2. The molecule has 0 bridgehead atoms. The van der Waals surface area contributed by atoms with Crippen LogP contribution in [0.4, 0.5) is 13.2 Å². The predicted molar refractivity (Wildman–Crippen MR) is 49.0 cm³/mol. The molecule has 0 fully saturated rings. The Hall–Kier alpha value is -1.68. The number of benzene rings is 1. The maximum atomic E-state index is 12.2. The third kappa shape index (κ3) is 2.89. The van der Waals surface area contributed by atoms with E-state index in [2.05, 4.69) is 10.0 Å². The summed E-state index contributed by atoms with van der Waals surface area (Å²) in [7, 11) is 0. The Morgan fingerprint density at radius 3 is 2.20 bits per heavy atom. The lowest BCUT2D eigenvalue weighted by Gasteiger charge is -2.08. The van der Waals surface area contributed by atoms with E-state index in [0.29, 0.717) is 5.56 Å². The van der Waals surface area contributed by atoms with Crippen molar-refractivity contribution in [2.24, 2.45) is 5.11 Å². The summed E-state index contributed by atoms with van der Waals surface area (Å²) in [6.07, 6.45) is -4.33. The summed E-state index contributed by atoms with van der Waals surface area (Å²) in [4.78, 5) is 2.59. The van der Waals surface area contributed by atoms with E-state index < -0.39 is 17.8 Å². The van der Waals surface area contributed by atoms with Crippen LogP contribution in [0, 0.1) is 0 Å². The van der Waals surface area contributed by atoms with Gasteiger partial charge in [0.15, 0.2) is 0 Å². The van der Waals surface area contributed by atoms with Crippen molar-refractivity contribution in [3.8, 4) is 0 Å². The molecule has 15 heavy (non-hydrogen) atoms. The third-order valence-electron chi connectivity index (χ3n) is 1.95. The van der Waals surface area contributed by atoms with Crippen LogP contribution in [-0.2, 0) is 6.18 Å². The molecular weight excluding hydrogens is 207 g/mol. The van der Waals surface area contributed by atoms with Gasteiger partial charge in [-0.3, -0.25) is 0 Å². The fraction of sp³-hybridized carbons (Fsp3) is 0.333. The van der Waals surface area contributed by atoms with Gasteiger partial charge in [-0.25, -0.2) is 0 Å². The highest BCUT2D eigenvalue weighted by atomic mass is 19.4. The van der Waals surface area contributed by atoms with Crippen LogP contribution in [-0.4, -0.2) is 0 Å². The largest absolute Gasteiger partial charge is 0.416 e. The number of hydrogen-bond donors (Lipinski definition) is 0. The van der Waals surface area contributed by atoms with E-state index in [9.17, 15) is 13.2 Å². The van der Waals surface area contributed by atoms with Crippen LogP contribution in [0.2, 0.25) is 0 Å². The van der Waals surface area contributed by atoms with Gasteiger partial charge in [-0.15, -0.1) is 0 Å². The molecule has 0 radical (unpaired) electrons. The average molecular weight is 215 g/mol. The zero-order chi connectivity index (χ0) is 11.5. The Kier molecular flexibility index (Phi) is 3.21. The maximum Gasteiger partial charge on any atom is 0.416 e. The summed E-state index contributed by atoms with van der Waals surface area (Å²) in [5.41, 5.74) is 8.01. The summed E-state index contributed by atoms with van der Waals surface area (Å²) >= 11 is 0. The minimum absolute atomic E-state index is 0.461. The number of hydrogen-bond acceptors (Lipinski definition) is 1. The molecule has 0 unspecified atom stereocenters. The van der Waals surface area contributed by atoms with Crippen LogP contribution in [0.25, 0.3) is 10.4 Å². The van der Waals surface area contributed by atoms with Crippen LogP contribution < -0.4 is 0 Å². The van der Waals surface area contributed by atoms with Gasteiger partial charge >= 0.3 is 6.18 Å². The lowest BCUT2D eigenvalue weighted by molar-refractivity contribution is -0.137. The fourth-order valence-corrected chi connectivity index (χ4v) is 1.09. The van der Waals surface area contributed by atoms with Gasteiger partial charge in [0.2, 0.25) is 0 Å². The highest BCUT2D eigenvalue weighted by Crippen LogP contribution is 2.30. The molecule has 0 aliphatic carbocycles. The van der Waals surface area contributed by atoms with Crippen molar-refractivity contribution >= 4 is 0 Å². The Bertz CT molecular complexity index is 377. The third-order valence-corrected chi connectivity index (χ3v) is 1.95. The second kappa shape index (κ2) is 4.23. The summed E-state index contributed by atoms with van der Waals surface area (Å²) in [5, 5.41) is 3.39. The first kappa shape index (κ1) is 11.4. The molecule has 1 aromatic rings. The molecule has 1 atom stereocenters. The molecule has 0 amide bonds. The van der Waals surface area contributed by atoms with Crippen LogP contribution in [0.15, 0.2) is 29.4 Å². The monoisotopic (exact) mass is 215 g/mol. The lowest BCUT2D eigenvalue weighted by Crippen LogP contribution is -2.04.